The molecule has 0 spiro atoms. The third kappa shape index (κ3) is 3.61. The minimum Gasteiger partial charge on any atom is -0.313 e. The van der Waals surface area contributed by atoms with Gasteiger partial charge in [0.2, 0.25) is 0 Å². The van der Waals surface area contributed by atoms with E-state index in [1.165, 1.54) is 30.6 Å². The van der Waals surface area contributed by atoms with Crippen molar-refractivity contribution in [1.29, 1.82) is 0 Å². The molecule has 2 nitrogen and oxygen atoms in total. The molecule has 2 atom stereocenters. The van der Waals surface area contributed by atoms with Crippen molar-refractivity contribution >= 4 is 34.5 Å². The molecule has 0 aromatic carbocycles. The topological polar surface area (TPSA) is 15.3 Å². The number of likely N-dealkylation sites (N-methyl/N-ethyl adjacent to an activating group) is 1. The number of nitrogens with one attached hydrogen (secondary N) is 1. The van der Waals surface area contributed by atoms with Crippen LogP contribution in [0.5, 0.6) is 0 Å². The van der Waals surface area contributed by atoms with E-state index in [1.54, 1.807) is 0 Å². The zero-order valence-corrected chi connectivity index (χ0v) is 13.2. The van der Waals surface area contributed by atoms with Gasteiger partial charge in [-0.25, -0.2) is 0 Å². The van der Waals surface area contributed by atoms with E-state index in [9.17, 15) is 0 Å². The number of piperidine rings is 1. The maximum atomic E-state index is 6.22. The second-order valence-electron chi connectivity index (χ2n) is 5.04. The van der Waals surface area contributed by atoms with Crippen molar-refractivity contribution in [3.63, 3.8) is 0 Å². The summed E-state index contributed by atoms with van der Waals surface area (Å²) in [5.74, 6) is 0. The lowest BCUT2D eigenvalue weighted by Gasteiger charge is -2.31. The van der Waals surface area contributed by atoms with Crippen molar-refractivity contribution in [1.82, 2.24) is 10.2 Å². The maximum Gasteiger partial charge on any atom is 0.0991 e. The zero-order valence-electron chi connectivity index (χ0n) is 10.9. The average molecular weight is 307 g/mol. The number of thiophene rings is 1. The van der Waals surface area contributed by atoms with Gasteiger partial charge >= 0.3 is 0 Å². The highest BCUT2D eigenvalue weighted by molar-refractivity contribution is 7.20. The fourth-order valence-electron chi connectivity index (χ4n) is 2.46. The van der Waals surface area contributed by atoms with Crippen LogP contribution < -0.4 is 5.32 Å². The molecule has 102 valence electrons. The zero-order chi connectivity index (χ0) is 13.1. The molecule has 1 aromatic rings. The van der Waals surface area contributed by atoms with Gasteiger partial charge in [-0.1, -0.05) is 29.6 Å². The van der Waals surface area contributed by atoms with Gasteiger partial charge in [0, 0.05) is 24.2 Å². The molecule has 1 N–H and O–H groups in total. The molecule has 2 unspecified atom stereocenters. The predicted octanol–water partition coefficient (Wildman–Crippen LogP) is 4.19. The van der Waals surface area contributed by atoms with E-state index in [2.05, 4.69) is 24.2 Å². The van der Waals surface area contributed by atoms with Crippen LogP contribution in [0.3, 0.4) is 0 Å². The summed E-state index contributed by atoms with van der Waals surface area (Å²) in [5, 5.41) is 3.58. The summed E-state index contributed by atoms with van der Waals surface area (Å²) in [6.45, 7) is 4.40. The first kappa shape index (κ1) is 14.6. The van der Waals surface area contributed by atoms with Gasteiger partial charge in [0.05, 0.1) is 8.67 Å². The van der Waals surface area contributed by atoms with Gasteiger partial charge in [0.25, 0.3) is 0 Å². The summed E-state index contributed by atoms with van der Waals surface area (Å²) in [7, 11) is 2.16. The fourth-order valence-corrected chi connectivity index (χ4v) is 4.09. The Morgan fingerprint density at radius 2 is 2.28 bits per heavy atom. The van der Waals surface area contributed by atoms with Crippen LogP contribution in [0.1, 0.15) is 37.8 Å². The highest BCUT2D eigenvalue weighted by atomic mass is 35.5. The molecule has 0 radical (unpaired) electrons. The molecule has 1 saturated heterocycles. The van der Waals surface area contributed by atoms with E-state index in [4.69, 9.17) is 23.2 Å². The second-order valence-corrected chi connectivity index (χ2v) is 7.33. The number of hydrogen-bond donors (Lipinski definition) is 1. The van der Waals surface area contributed by atoms with Gasteiger partial charge < -0.3 is 5.32 Å². The Labute approximate surface area is 123 Å². The maximum absolute atomic E-state index is 6.22. The summed E-state index contributed by atoms with van der Waals surface area (Å²) in [6.07, 6.45) is 3.92. The number of halogens is 2. The van der Waals surface area contributed by atoms with Crippen molar-refractivity contribution < 1.29 is 0 Å². The Morgan fingerprint density at radius 3 is 2.83 bits per heavy atom. The smallest absolute Gasteiger partial charge is 0.0991 e. The molecule has 2 rings (SSSR count). The van der Waals surface area contributed by atoms with Crippen LogP contribution >= 0.6 is 34.5 Å². The van der Waals surface area contributed by atoms with Crippen LogP contribution in [0.25, 0.3) is 0 Å². The van der Waals surface area contributed by atoms with Crippen molar-refractivity contribution in [2.24, 2.45) is 0 Å². The Balaban J connectivity index is 1.95. The molecule has 1 aliphatic heterocycles. The molecule has 0 saturated carbocycles. The molecule has 5 heteroatoms. The van der Waals surface area contributed by atoms with Gasteiger partial charge in [-0.2, -0.15) is 0 Å². The van der Waals surface area contributed by atoms with Crippen molar-refractivity contribution in [2.75, 3.05) is 20.1 Å². The van der Waals surface area contributed by atoms with Crippen molar-refractivity contribution in [3.05, 3.63) is 20.3 Å². The Hall–Kier alpha value is 0.200. The van der Waals surface area contributed by atoms with Gasteiger partial charge in [0.15, 0.2) is 0 Å². The minimum atomic E-state index is 0.310. The summed E-state index contributed by atoms with van der Waals surface area (Å²) in [4.78, 5) is 2.35. The van der Waals surface area contributed by atoms with Crippen molar-refractivity contribution in [2.45, 2.75) is 38.3 Å². The highest BCUT2D eigenvalue weighted by Crippen LogP contribution is 2.36. The van der Waals surface area contributed by atoms with Gasteiger partial charge in [0.1, 0.15) is 0 Å². The normalized spacial score (nSPS) is 22.4. The molecular weight excluding hydrogens is 287 g/mol. The number of rotatable bonds is 4. The molecule has 1 fully saturated rings. The number of nitrogens with zero attached hydrogens (tertiary/aromatic N) is 1. The predicted molar refractivity (Wildman–Crippen MR) is 81.0 cm³/mol. The minimum absolute atomic E-state index is 0.310. The SMILES string of the molecule is CC(c1cc(Cl)sc1Cl)N(C)CC1CCCCN1. The van der Waals surface area contributed by atoms with E-state index < -0.39 is 0 Å². The molecular formula is C13H20Cl2N2S. The Kier molecular flexibility index (Phi) is 5.34. The first-order chi connectivity index (χ1) is 8.58. The van der Waals surface area contributed by atoms with Crippen LogP contribution in [0, 0.1) is 0 Å². The Morgan fingerprint density at radius 1 is 1.50 bits per heavy atom. The first-order valence-electron chi connectivity index (χ1n) is 6.46. The van der Waals surface area contributed by atoms with E-state index >= 15 is 0 Å². The van der Waals surface area contributed by atoms with E-state index in [0.29, 0.717) is 12.1 Å². The summed E-state index contributed by atoms with van der Waals surface area (Å²) >= 11 is 13.7. The third-order valence-corrected chi connectivity index (χ3v) is 5.23. The van der Waals surface area contributed by atoms with Crippen LogP contribution in [0.15, 0.2) is 6.07 Å². The summed E-state index contributed by atoms with van der Waals surface area (Å²) < 4.78 is 1.59. The third-order valence-electron chi connectivity index (χ3n) is 3.72. The van der Waals surface area contributed by atoms with Gasteiger partial charge in [-0.3, -0.25) is 4.90 Å². The molecule has 0 amide bonds. The van der Waals surface area contributed by atoms with E-state index in [1.807, 2.05) is 6.07 Å². The van der Waals surface area contributed by atoms with Crippen molar-refractivity contribution in [3.8, 4) is 0 Å². The van der Waals surface area contributed by atoms with Gasteiger partial charge in [-0.15, -0.1) is 11.3 Å². The largest absolute Gasteiger partial charge is 0.313 e. The standard InChI is InChI=1S/C13H20Cl2N2S/c1-9(11-7-12(14)18-13(11)15)17(2)8-10-5-3-4-6-16-10/h7,9-10,16H,3-6,8H2,1-2H3. The first-order valence-corrected chi connectivity index (χ1v) is 8.03. The monoisotopic (exact) mass is 306 g/mol. The lowest BCUT2D eigenvalue weighted by molar-refractivity contribution is 0.215. The molecule has 18 heavy (non-hydrogen) atoms. The highest BCUT2D eigenvalue weighted by Gasteiger charge is 2.21. The van der Waals surface area contributed by atoms with Crippen LogP contribution in [0.2, 0.25) is 8.67 Å². The lowest BCUT2D eigenvalue weighted by atomic mass is 10.0. The average Bonchev–Trinajstić information content (AvgIpc) is 2.68. The fraction of sp³-hybridized carbons (Fsp3) is 0.692. The van der Waals surface area contributed by atoms with E-state index in [-0.39, 0.29) is 0 Å². The lowest BCUT2D eigenvalue weighted by Crippen LogP contribution is -2.43. The van der Waals surface area contributed by atoms with Crippen LogP contribution in [-0.2, 0) is 0 Å². The molecule has 1 aliphatic rings. The quantitative estimate of drug-likeness (QED) is 0.897. The Bertz CT molecular complexity index is 388. The summed E-state index contributed by atoms with van der Waals surface area (Å²) in [5.41, 5.74) is 1.14. The summed E-state index contributed by atoms with van der Waals surface area (Å²) in [6, 6.07) is 2.91. The van der Waals surface area contributed by atoms with Gasteiger partial charge in [-0.05, 0) is 39.4 Å². The van der Waals surface area contributed by atoms with E-state index in [0.717, 1.165) is 27.3 Å². The molecule has 0 bridgehead atoms. The molecule has 0 aliphatic carbocycles. The van der Waals surface area contributed by atoms with Crippen LogP contribution in [0.4, 0.5) is 0 Å². The molecule has 1 aromatic heterocycles. The molecule has 2 heterocycles. The second kappa shape index (κ2) is 6.58. The number of hydrogen-bond acceptors (Lipinski definition) is 3. The van der Waals surface area contributed by atoms with Crippen LogP contribution in [-0.4, -0.2) is 31.1 Å².